The fourth-order valence-corrected chi connectivity index (χ4v) is 3.37. The van der Waals surface area contributed by atoms with Crippen LogP contribution in [-0.2, 0) is 6.54 Å². The molecule has 3 rings (SSSR count). The largest absolute Gasteiger partial charge is 0.330 e. The van der Waals surface area contributed by atoms with Crippen LogP contribution in [0.5, 0.6) is 0 Å². The number of benzene rings is 1. The summed E-state index contributed by atoms with van der Waals surface area (Å²) < 4.78 is 3.12. The highest BCUT2D eigenvalue weighted by atomic mass is 32.1. The van der Waals surface area contributed by atoms with Crippen molar-refractivity contribution in [1.82, 2.24) is 14.5 Å². The molecule has 1 aliphatic heterocycles. The van der Waals surface area contributed by atoms with Crippen molar-refractivity contribution in [3.63, 3.8) is 0 Å². The third-order valence-electron chi connectivity index (χ3n) is 4.33. The van der Waals surface area contributed by atoms with Gasteiger partial charge in [-0.15, -0.1) is 0 Å². The predicted octanol–water partition coefficient (Wildman–Crippen LogP) is 3.49. The second-order valence-corrected chi connectivity index (χ2v) is 6.03. The second kappa shape index (κ2) is 5.10. The number of aromatic nitrogens is 2. The highest BCUT2D eigenvalue weighted by Crippen LogP contribution is 2.22. The zero-order valence-electron chi connectivity index (χ0n) is 11.6. The smallest absolute Gasteiger partial charge is 0.178 e. The van der Waals surface area contributed by atoms with Crippen LogP contribution in [0.4, 0.5) is 0 Å². The van der Waals surface area contributed by atoms with Crippen LogP contribution in [0.2, 0.25) is 0 Å². The topological polar surface area (TPSA) is 24.0 Å². The Morgan fingerprint density at radius 2 is 2.21 bits per heavy atom. The van der Waals surface area contributed by atoms with Crippen LogP contribution in [0, 0.1) is 11.7 Å². The van der Waals surface area contributed by atoms with E-state index in [4.69, 9.17) is 12.2 Å². The van der Waals surface area contributed by atoms with Crippen LogP contribution in [0.1, 0.15) is 24.8 Å². The number of fused-ring (bicyclic) bond motifs is 1. The van der Waals surface area contributed by atoms with E-state index in [1.807, 2.05) is 0 Å². The molecule has 0 bridgehead atoms. The Hall–Kier alpha value is -1.13. The maximum absolute atomic E-state index is 5.51. The van der Waals surface area contributed by atoms with E-state index in [1.54, 1.807) is 0 Å². The van der Waals surface area contributed by atoms with Crippen molar-refractivity contribution in [1.29, 1.82) is 0 Å². The van der Waals surface area contributed by atoms with Crippen molar-refractivity contribution >= 4 is 23.3 Å². The van der Waals surface area contributed by atoms with Crippen LogP contribution >= 0.6 is 12.2 Å². The lowest BCUT2D eigenvalue weighted by molar-refractivity contribution is 0.168. The van der Waals surface area contributed by atoms with Gasteiger partial charge in [0.2, 0.25) is 0 Å². The van der Waals surface area contributed by atoms with Gasteiger partial charge in [-0.25, -0.2) is 0 Å². The Morgan fingerprint density at radius 3 is 3.00 bits per heavy atom. The van der Waals surface area contributed by atoms with E-state index >= 15 is 0 Å². The highest BCUT2D eigenvalue weighted by Gasteiger charge is 2.20. The standard InChI is InChI=1S/C15H21N3S/c1-11-6-5-8-13-14(11)16-15(19)18(13)10-12-7-3-4-9-17(12)2/h5-6,8,12H,3-4,7,9-10H2,1-2H3,(H,16,19). The van der Waals surface area contributed by atoms with Crippen molar-refractivity contribution < 1.29 is 0 Å². The molecule has 3 nitrogen and oxygen atoms in total. The van der Waals surface area contributed by atoms with Crippen molar-refractivity contribution in [2.75, 3.05) is 13.6 Å². The first-order valence-corrected chi connectivity index (χ1v) is 7.46. The normalized spacial score (nSPS) is 21.1. The molecule has 102 valence electrons. The minimum Gasteiger partial charge on any atom is -0.330 e. The average Bonchev–Trinajstić information content (AvgIpc) is 2.71. The molecule has 1 saturated heterocycles. The molecule has 1 fully saturated rings. The van der Waals surface area contributed by atoms with Gasteiger partial charge in [0, 0.05) is 12.6 Å². The SMILES string of the molecule is Cc1cccc2c1[nH]c(=S)n2CC1CCCCN1C. The second-order valence-electron chi connectivity index (χ2n) is 5.64. The van der Waals surface area contributed by atoms with Gasteiger partial charge in [-0.05, 0) is 57.2 Å². The molecule has 0 radical (unpaired) electrons. The third-order valence-corrected chi connectivity index (χ3v) is 4.66. The summed E-state index contributed by atoms with van der Waals surface area (Å²) in [6.07, 6.45) is 3.94. The molecule has 2 heterocycles. The zero-order valence-corrected chi connectivity index (χ0v) is 12.5. The van der Waals surface area contributed by atoms with Gasteiger partial charge in [0.05, 0.1) is 11.0 Å². The Kier molecular flexibility index (Phi) is 3.46. The molecule has 1 aromatic carbocycles. The van der Waals surface area contributed by atoms with E-state index in [1.165, 1.54) is 42.4 Å². The van der Waals surface area contributed by atoms with Gasteiger partial charge >= 0.3 is 0 Å². The molecule has 0 saturated carbocycles. The Balaban J connectivity index is 1.98. The minimum atomic E-state index is 0.611. The van der Waals surface area contributed by atoms with Crippen molar-refractivity contribution in [3.8, 4) is 0 Å². The summed E-state index contributed by atoms with van der Waals surface area (Å²) in [5.41, 5.74) is 3.69. The van der Waals surface area contributed by atoms with Gasteiger partial charge in [-0.1, -0.05) is 18.6 Å². The van der Waals surface area contributed by atoms with Gasteiger partial charge < -0.3 is 14.5 Å². The van der Waals surface area contributed by atoms with Gasteiger partial charge in [0.25, 0.3) is 0 Å². The molecule has 2 aromatic rings. The molecule has 1 aromatic heterocycles. The molecule has 0 aliphatic carbocycles. The number of aromatic amines is 1. The van der Waals surface area contributed by atoms with E-state index < -0.39 is 0 Å². The van der Waals surface area contributed by atoms with Crippen LogP contribution in [-0.4, -0.2) is 34.1 Å². The first-order valence-electron chi connectivity index (χ1n) is 7.05. The molecule has 0 amide bonds. The summed E-state index contributed by atoms with van der Waals surface area (Å²) >= 11 is 5.51. The highest BCUT2D eigenvalue weighted by molar-refractivity contribution is 7.71. The monoisotopic (exact) mass is 275 g/mol. The number of likely N-dealkylation sites (N-methyl/N-ethyl adjacent to an activating group) is 1. The van der Waals surface area contributed by atoms with E-state index in [0.29, 0.717) is 6.04 Å². The van der Waals surface area contributed by atoms with E-state index in [2.05, 4.69) is 46.6 Å². The summed E-state index contributed by atoms with van der Waals surface area (Å²) in [6, 6.07) is 7.02. The maximum atomic E-state index is 5.51. The molecular formula is C15H21N3S. The van der Waals surface area contributed by atoms with Gasteiger partial charge in [0.15, 0.2) is 4.77 Å². The fraction of sp³-hybridized carbons (Fsp3) is 0.533. The Labute approximate surface area is 119 Å². The molecule has 1 N–H and O–H groups in total. The first kappa shape index (κ1) is 12.9. The lowest BCUT2D eigenvalue weighted by Gasteiger charge is -2.32. The molecule has 1 unspecified atom stereocenters. The predicted molar refractivity (Wildman–Crippen MR) is 82.1 cm³/mol. The van der Waals surface area contributed by atoms with Crippen LogP contribution in [0.25, 0.3) is 11.0 Å². The number of likely N-dealkylation sites (tertiary alicyclic amines) is 1. The van der Waals surface area contributed by atoms with Crippen LogP contribution in [0.15, 0.2) is 18.2 Å². The number of nitrogens with one attached hydrogen (secondary N) is 1. The number of nitrogens with zero attached hydrogens (tertiary/aromatic N) is 2. The molecule has 0 spiro atoms. The molecule has 1 aliphatic rings. The molecule has 4 heteroatoms. The van der Waals surface area contributed by atoms with Crippen LogP contribution < -0.4 is 0 Å². The summed E-state index contributed by atoms with van der Waals surface area (Å²) in [5, 5.41) is 0. The Morgan fingerprint density at radius 1 is 1.37 bits per heavy atom. The maximum Gasteiger partial charge on any atom is 0.178 e. The quantitative estimate of drug-likeness (QED) is 0.848. The van der Waals surface area contributed by atoms with Gasteiger partial charge in [-0.3, -0.25) is 0 Å². The average molecular weight is 275 g/mol. The van der Waals surface area contributed by atoms with Crippen molar-refractivity contribution in [2.24, 2.45) is 0 Å². The van der Waals surface area contributed by atoms with Crippen LogP contribution in [0.3, 0.4) is 0 Å². The summed E-state index contributed by atoms with van der Waals surface area (Å²) in [6.45, 7) is 4.34. The van der Waals surface area contributed by atoms with E-state index in [-0.39, 0.29) is 0 Å². The third kappa shape index (κ3) is 2.35. The van der Waals surface area contributed by atoms with Crippen molar-refractivity contribution in [2.45, 2.75) is 38.8 Å². The van der Waals surface area contributed by atoms with E-state index in [9.17, 15) is 0 Å². The number of piperidine rings is 1. The van der Waals surface area contributed by atoms with E-state index in [0.717, 1.165) is 11.3 Å². The number of para-hydroxylation sites is 1. The van der Waals surface area contributed by atoms with Crippen molar-refractivity contribution in [3.05, 3.63) is 28.5 Å². The fourth-order valence-electron chi connectivity index (χ4n) is 3.09. The summed E-state index contributed by atoms with van der Waals surface area (Å²) in [4.78, 5) is 5.83. The molecular weight excluding hydrogens is 254 g/mol. The number of aryl methyl sites for hydroxylation is 1. The minimum absolute atomic E-state index is 0.611. The molecule has 19 heavy (non-hydrogen) atoms. The lowest BCUT2D eigenvalue weighted by atomic mass is 10.0. The number of hydrogen-bond donors (Lipinski definition) is 1. The Bertz CT molecular complexity index is 640. The number of hydrogen-bond acceptors (Lipinski definition) is 2. The van der Waals surface area contributed by atoms with Gasteiger partial charge in [0.1, 0.15) is 0 Å². The summed E-state index contributed by atoms with van der Waals surface area (Å²) in [7, 11) is 2.23. The number of rotatable bonds is 2. The number of H-pyrrole nitrogens is 1. The zero-order chi connectivity index (χ0) is 13.4. The summed E-state index contributed by atoms with van der Waals surface area (Å²) in [5.74, 6) is 0. The first-order chi connectivity index (χ1) is 9.16. The number of imidazole rings is 1. The lowest BCUT2D eigenvalue weighted by Crippen LogP contribution is -2.39. The van der Waals surface area contributed by atoms with Gasteiger partial charge in [-0.2, -0.15) is 0 Å². The molecule has 1 atom stereocenters.